The summed E-state index contributed by atoms with van der Waals surface area (Å²) >= 11 is 0. The van der Waals surface area contributed by atoms with Gasteiger partial charge in [0, 0.05) is 23.9 Å². The van der Waals surface area contributed by atoms with Crippen LogP contribution in [-0.4, -0.2) is 28.2 Å². The summed E-state index contributed by atoms with van der Waals surface area (Å²) in [5, 5.41) is 13.7. The van der Waals surface area contributed by atoms with E-state index in [4.69, 9.17) is 4.74 Å². The van der Waals surface area contributed by atoms with Gasteiger partial charge in [-0.3, -0.25) is 4.79 Å². The number of carbonyl (C=O) groups excluding carboxylic acids is 1. The van der Waals surface area contributed by atoms with Gasteiger partial charge in [0.25, 0.3) is 0 Å². The van der Waals surface area contributed by atoms with Crippen LogP contribution in [0.15, 0.2) is 0 Å². The first-order valence-electron chi connectivity index (χ1n) is 12.3. The lowest BCUT2D eigenvalue weighted by atomic mass is 9.69. The maximum atomic E-state index is 12.9. The molecular weight excluding hydrogens is 362 g/mol. The molecule has 0 spiro atoms. The molecule has 0 aromatic carbocycles. The van der Waals surface area contributed by atoms with Crippen LogP contribution in [0.25, 0.3) is 0 Å². The third kappa shape index (κ3) is 5.55. The fourth-order valence-corrected chi connectivity index (χ4v) is 6.70. The summed E-state index contributed by atoms with van der Waals surface area (Å²) in [6.07, 6.45) is 13.9. The van der Waals surface area contributed by atoms with Crippen molar-refractivity contribution in [3.8, 4) is 0 Å². The number of piperidine rings is 1. The molecule has 2 aliphatic carbocycles. The molecule has 1 saturated heterocycles. The zero-order chi connectivity index (χ0) is 21.2. The minimum absolute atomic E-state index is 0.00828. The molecule has 0 bridgehead atoms. The van der Waals surface area contributed by atoms with Crippen molar-refractivity contribution in [1.29, 1.82) is 0 Å². The first-order chi connectivity index (χ1) is 13.6. The van der Waals surface area contributed by atoms with Crippen LogP contribution >= 0.6 is 0 Å². The van der Waals surface area contributed by atoms with E-state index in [0.29, 0.717) is 12.8 Å². The summed E-state index contributed by atoms with van der Waals surface area (Å²) in [6.45, 7) is 10.1. The smallest absolute Gasteiger partial charge is 0.309 e. The van der Waals surface area contributed by atoms with E-state index < -0.39 is 11.1 Å². The Balaban J connectivity index is 1.45. The van der Waals surface area contributed by atoms with E-state index in [1.54, 1.807) is 0 Å². The summed E-state index contributed by atoms with van der Waals surface area (Å²) in [6, 6.07) is 0. The lowest BCUT2D eigenvalue weighted by molar-refractivity contribution is -0.299. The third-order valence-corrected chi connectivity index (χ3v) is 8.20. The number of rotatable bonds is 5. The number of nitrogens with zero attached hydrogens (tertiary/aromatic N) is 1. The lowest BCUT2D eigenvalue weighted by Gasteiger charge is -2.49. The van der Waals surface area contributed by atoms with Gasteiger partial charge < -0.3 is 4.74 Å². The van der Waals surface area contributed by atoms with Crippen molar-refractivity contribution in [3.63, 3.8) is 0 Å². The SMILES string of the molecule is CCCC1CCC(C2CCC(C(=O)OC3CC(C)(C)N([O])C(C)(C)C3)CC2)CC1. The molecular formula is C25H44NO3. The average Bonchev–Trinajstić information content (AvgIpc) is 2.66. The van der Waals surface area contributed by atoms with Gasteiger partial charge in [0.15, 0.2) is 0 Å². The van der Waals surface area contributed by atoms with Gasteiger partial charge in [-0.1, -0.05) is 32.6 Å². The summed E-state index contributed by atoms with van der Waals surface area (Å²) in [5.41, 5.74) is -0.970. The van der Waals surface area contributed by atoms with Crippen molar-refractivity contribution in [2.24, 2.45) is 23.7 Å². The molecule has 4 heteroatoms. The predicted octanol–water partition coefficient (Wildman–Crippen LogP) is 6.31. The quantitative estimate of drug-likeness (QED) is 0.503. The van der Waals surface area contributed by atoms with Gasteiger partial charge in [-0.25, -0.2) is 0 Å². The van der Waals surface area contributed by atoms with Crippen LogP contribution in [0, 0.1) is 23.7 Å². The van der Waals surface area contributed by atoms with Gasteiger partial charge in [0.1, 0.15) is 6.10 Å². The Bertz CT molecular complexity index is 524. The monoisotopic (exact) mass is 406 g/mol. The number of hydrogen-bond acceptors (Lipinski definition) is 3. The maximum absolute atomic E-state index is 12.9. The molecule has 0 aromatic rings. The van der Waals surface area contributed by atoms with Crippen molar-refractivity contribution < 1.29 is 14.7 Å². The van der Waals surface area contributed by atoms with E-state index in [1.807, 2.05) is 27.7 Å². The van der Waals surface area contributed by atoms with Gasteiger partial charge in [-0.15, -0.1) is 10.3 Å². The topological polar surface area (TPSA) is 49.4 Å². The lowest BCUT2D eigenvalue weighted by Crippen LogP contribution is -2.60. The summed E-state index contributed by atoms with van der Waals surface area (Å²) in [5.74, 6) is 2.74. The Morgan fingerprint density at radius 3 is 1.83 bits per heavy atom. The fraction of sp³-hybridized carbons (Fsp3) is 0.960. The molecule has 1 aliphatic heterocycles. The normalized spacial score (nSPS) is 35.9. The van der Waals surface area contributed by atoms with Gasteiger partial charge in [-0.05, 0) is 84.0 Å². The Morgan fingerprint density at radius 2 is 1.34 bits per heavy atom. The molecule has 3 fully saturated rings. The second kappa shape index (κ2) is 9.26. The first kappa shape index (κ1) is 23.1. The summed E-state index contributed by atoms with van der Waals surface area (Å²) < 4.78 is 5.97. The molecule has 167 valence electrons. The molecule has 1 heterocycles. The number of hydrogen-bond donors (Lipinski definition) is 0. The van der Waals surface area contributed by atoms with E-state index >= 15 is 0 Å². The second-order valence-corrected chi connectivity index (χ2v) is 11.6. The van der Waals surface area contributed by atoms with E-state index in [2.05, 4.69) is 6.92 Å². The van der Waals surface area contributed by atoms with E-state index in [0.717, 1.165) is 30.6 Å². The molecule has 29 heavy (non-hydrogen) atoms. The van der Waals surface area contributed by atoms with Crippen LogP contribution in [0.4, 0.5) is 0 Å². The van der Waals surface area contributed by atoms with Crippen molar-refractivity contribution in [2.75, 3.05) is 0 Å². The largest absolute Gasteiger partial charge is 0.462 e. The molecule has 4 nitrogen and oxygen atoms in total. The zero-order valence-electron chi connectivity index (χ0n) is 19.5. The van der Waals surface area contributed by atoms with Crippen LogP contribution in [0.2, 0.25) is 0 Å². The molecule has 1 radical (unpaired) electrons. The summed E-state index contributed by atoms with van der Waals surface area (Å²) in [4.78, 5) is 12.9. The molecule has 0 amide bonds. The fourth-order valence-electron chi connectivity index (χ4n) is 6.70. The van der Waals surface area contributed by atoms with Crippen LogP contribution in [0.3, 0.4) is 0 Å². The standard InChI is InChI=1S/C25H44NO3/c1-6-7-18-8-10-19(11-9-18)20-12-14-21(15-13-20)23(27)29-22-16-24(2,3)26(28)25(4,5)17-22/h18-22H,6-17H2,1-5H3. The highest BCUT2D eigenvalue weighted by molar-refractivity contribution is 5.72. The minimum Gasteiger partial charge on any atom is -0.462 e. The van der Waals surface area contributed by atoms with E-state index in [-0.39, 0.29) is 18.0 Å². The van der Waals surface area contributed by atoms with E-state index in [1.165, 1.54) is 56.4 Å². The third-order valence-electron chi connectivity index (χ3n) is 8.20. The molecule has 0 aromatic heterocycles. The highest BCUT2D eigenvalue weighted by Gasteiger charge is 2.48. The van der Waals surface area contributed by atoms with Crippen molar-refractivity contribution >= 4 is 5.97 Å². The van der Waals surface area contributed by atoms with Gasteiger partial charge in [0.05, 0.1) is 5.92 Å². The first-order valence-corrected chi connectivity index (χ1v) is 12.3. The number of ether oxygens (including phenoxy) is 1. The Kier molecular flexibility index (Phi) is 7.36. The van der Waals surface area contributed by atoms with Gasteiger partial charge in [-0.2, -0.15) is 0 Å². The van der Waals surface area contributed by atoms with Crippen LogP contribution < -0.4 is 0 Å². The van der Waals surface area contributed by atoms with Crippen molar-refractivity contribution in [1.82, 2.24) is 5.06 Å². The van der Waals surface area contributed by atoms with Crippen LogP contribution in [-0.2, 0) is 14.7 Å². The molecule has 0 atom stereocenters. The minimum atomic E-state index is -0.485. The van der Waals surface area contributed by atoms with Gasteiger partial charge in [0.2, 0.25) is 0 Å². The van der Waals surface area contributed by atoms with Crippen molar-refractivity contribution in [3.05, 3.63) is 0 Å². The Labute approximate surface area is 178 Å². The number of hydroxylamine groups is 2. The summed E-state index contributed by atoms with van der Waals surface area (Å²) in [7, 11) is 0. The van der Waals surface area contributed by atoms with Crippen LogP contribution in [0.5, 0.6) is 0 Å². The predicted molar refractivity (Wildman–Crippen MR) is 116 cm³/mol. The average molecular weight is 407 g/mol. The molecule has 0 unspecified atom stereocenters. The molecule has 3 rings (SSSR count). The maximum Gasteiger partial charge on any atom is 0.309 e. The highest BCUT2D eigenvalue weighted by Crippen LogP contribution is 2.43. The molecule has 2 saturated carbocycles. The highest BCUT2D eigenvalue weighted by atomic mass is 16.5. The molecule has 3 aliphatic rings. The zero-order valence-corrected chi connectivity index (χ0v) is 19.5. The Morgan fingerprint density at radius 1 is 0.862 bits per heavy atom. The number of esters is 1. The number of carbonyl (C=O) groups is 1. The van der Waals surface area contributed by atoms with Crippen molar-refractivity contribution in [2.45, 2.75) is 129 Å². The second-order valence-electron chi connectivity index (χ2n) is 11.6. The van der Waals surface area contributed by atoms with E-state index in [9.17, 15) is 10.0 Å². The Hall–Kier alpha value is -0.610. The van der Waals surface area contributed by atoms with Gasteiger partial charge >= 0.3 is 5.97 Å². The van der Waals surface area contributed by atoms with Crippen LogP contribution in [0.1, 0.15) is 112 Å². The molecule has 0 N–H and O–H groups in total.